The van der Waals surface area contributed by atoms with Crippen molar-refractivity contribution in [3.05, 3.63) is 53.5 Å². The zero-order valence-electron chi connectivity index (χ0n) is 10.4. The van der Waals surface area contributed by atoms with E-state index in [1.165, 1.54) is 12.1 Å². The summed E-state index contributed by atoms with van der Waals surface area (Å²) >= 11 is 0. The number of aryl methyl sites for hydroxylation is 1. The van der Waals surface area contributed by atoms with Crippen LogP contribution in [0.25, 0.3) is 0 Å². The molecule has 0 fully saturated rings. The molecule has 0 spiro atoms. The van der Waals surface area contributed by atoms with E-state index in [0.29, 0.717) is 0 Å². The van der Waals surface area contributed by atoms with E-state index in [0.717, 1.165) is 22.8 Å². The molecule has 1 aromatic heterocycles. The predicted molar refractivity (Wildman–Crippen MR) is 69.4 cm³/mol. The summed E-state index contributed by atoms with van der Waals surface area (Å²) in [7, 11) is 1.86. The normalized spacial score (nSPS) is 10.4. The molecule has 0 aliphatic rings. The number of anilines is 2. The predicted octanol–water partition coefficient (Wildman–Crippen LogP) is 2.79. The van der Waals surface area contributed by atoms with E-state index in [1.807, 2.05) is 31.0 Å². The Kier molecular flexibility index (Phi) is 3.58. The molecule has 2 aromatic rings. The molecule has 0 saturated carbocycles. The summed E-state index contributed by atoms with van der Waals surface area (Å²) in [5.74, 6) is 0.464. The quantitative estimate of drug-likeness (QED) is 0.904. The van der Waals surface area contributed by atoms with E-state index in [1.54, 1.807) is 12.1 Å². The third kappa shape index (κ3) is 2.65. The summed E-state index contributed by atoms with van der Waals surface area (Å²) in [5.41, 5.74) is 2.50. The van der Waals surface area contributed by atoms with Crippen molar-refractivity contribution in [1.29, 1.82) is 0 Å². The smallest absolute Gasteiger partial charge is 0.133 e. The number of aromatic nitrogens is 1. The highest BCUT2D eigenvalue weighted by molar-refractivity contribution is 5.59. The van der Waals surface area contributed by atoms with E-state index >= 15 is 0 Å². The van der Waals surface area contributed by atoms with Crippen LogP contribution in [0, 0.1) is 12.7 Å². The average molecular weight is 246 g/mol. The molecule has 0 unspecified atom stereocenters. The van der Waals surface area contributed by atoms with Crippen molar-refractivity contribution in [3.63, 3.8) is 0 Å². The Labute approximate surface area is 106 Å². The lowest BCUT2D eigenvalue weighted by atomic mass is 10.2. The van der Waals surface area contributed by atoms with Crippen LogP contribution in [0.2, 0.25) is 0 Å². The molecule has 0 amide bonds. The first-order valence-electron chi connectivity index (χ1n) is 5.68. The molecule has 2 rings (SSSR count). The van der Waals surface area contributed by atoms with Crippen molar-refractivity contribution in [2.75, 3.05) is 11.9 Å². The van der Waals surface area contributed by atoms with Crippen LogP contribution in [-0.4, -0.2) is 17.1 Å². The van der Waals surface area contributed by atoms with Crippen molar-refractivity contribution in [3.8, 4) is 0 Å². The van der Waals surface area contributed by atoms with Gasteiger partial charge in [-0.3, -0.25) is 0 Å². The first kappa shape index (κ1) is 12.5. The molecule has 0 radical (unpaired) electrons. The Morgan fingerprint density at radius 2 is 1.89 bits per heavy atom. The number of rotatable bonds is 3. The first-order chi connectivity index (χ1) is 8.60. The van der Waals surface area contributed by atoms with Gasteiger partial charge < -0.3 is 10.0 Å². The molecule has 3 nitrogen and oxygen atoms in total. The minimum atomic E-state index is -0.264. The fourth-order valence-corrected chi connectivity index (χ4v) is 1.78. The number of hydrogen-bond acceptors (Lipinski definition) is 3. The third-order valence-corrected chi connectivity index (χ3v) is 2.74. The first-order valence-corrected chi connectivity index (χ1v) is 5.68. The second-order valence-corrected chi connectivity index (χ2v) is 4.17. The number of aliphatic hydroxyl groups is 1. The maximum Gasteiger partial charge on any atom is 0.133 e. The molecule has 0 aliphatic carbocycles. The highest BCUT2D eigenvalue weighted by Crippen LogP contribution is 2.23. The largest absolute Gasteiger partial charge is 0.392 e. The van der Waals surface area contributed by atoms with E-state index in [9.17, 15) is 9.50 Å². The maximum atomic E-state index is 12.9. The number of aliphatic hydroxyl groups excluding tert-OH is 1. The van der Waals surface area contributed by atoms with Crippen molar-refractivity contribution < 1.29 is 9.50 Å². The van der Waals surface area contributed by atoms with E-state index in [-0.39, 0.29) is 12.4 Å². The highest BCUT2D eigenvalue weighted by Gasteiger charge is 2.07. The molecular formula is C14H15FN2O. The summed E-state index contributed by atoms with van der Waals surface area (Å²) < 4.78 is 12.9. The van der Waals surface area contributed by atoms with Gasteiger partial charge in [0, 0.05) is 18.4 Å². The minimum Gasteiger partial charge on any atom is -0.392 e. The summed E-state index contributed by atoms with van der Waals surface area (Å²) in [6, 6.07) is 9.86. The fourth-order valence-electron chi connectivity index (χ4n) is 1.78. The average Bonchev–Trinajstić information content (AvgIpc) is 2.38. The van der Waals surface area contributed by atoms with E-state index < -0.39 is 0 Å². The number of hydrogen-bond donors (Lipinski definition) is 1. The van der Waals surface area contributed by atoms with Gasteiger partial charge in [0.15, 0.2) is 0 Å². The minimum absolute atomic E-state index is 0.0202. The van der Waals surface area contributed by atoms with Crippen LogP contribution in [0.5, 0.6) is 0 Å². The highest BCUT2D eigenvalue weighted by atomic mass is 19.1. The maximum absolute atomic E-state index is 12.9. The number of nitrogens with zero attached hydrogens (tertiary/aromatic N) is 2. The van der Waals surface area contributed by atoms with E-state index in [4.69, 9.17) is 0 Å². The number of benzene rings is 1. The van der Waals surface area contributed by atoms with Crippen LogP contribution >= 0.6 is 0 Å². The van der Waals surface area contributed by atoms with Crippen molar-refractivity contribution in [2.24, 2.45) is 0 Å². The topological polar surface area (TPSA) is 36.4 Å². The van der Waals surface area contributed by atoms with Crippen LogP contribution in [-0.2, 0) is 6.61 Å². The SMILES string of the molecule is Cc1cc(CO)cc(N(C)c2ccc(F)cc2)n1. The van der Waals surface area contributed by atoms with Crippen LogP contribution < -0.4 is 4.90 Å². The molecule has 18 heavy (non-hydrogen) atoms. The van der Waals surface area contributed by atoms with Gasteiger partial charge >= 0.3 is 0 Å². The van der Waals surface area contributed by atoms with Crippen molar-refractivity contribution in [1.82, 2.24) is 4.98 Å². The summed E-state index contributed by atoms with van der Waals surface area (Å²) in [5, 5.41) is 9.18. The van der Waals surface area contributed by atoms with Gasteiger partial charge in [0.25, 0.3) is 0 Å². The standard InChI is InChI=1S/C14H15FN2O/c1-10-7-11(9-18)8-14(16-10)17(2)13-5-3-12(15)4-6-13/h3-8,18H,9H2,1-2H3. The monoisotopic (exact) mass is 246 g/mol. The lowest BCUT2D eigenvalue weighted by Gasteiger charge is -2.19. The number of pyridine rings is 1. The van der Waals surface area contributed by atoms with Gasteiger partial charge in [-0.25, -0.2) is 9.37 Å². The summed E-state index contributed by atoms with van der Waals surface area (Å²) in [4.78, 5) is 6.25. The summed E-state index contributed by atoms with van der Waals surface area (Å²) in [6.45, 7) is 1.86. The summed E-state index contributed by atoms with van der Waals surface area (Å²) in [6.07, 6.45) is 0. The van der Waals surface area contributed by atoms with E-state index in [2.05, 4.69) is 4.98 Å². The van der Waals surface area contributed by atoms with Gasteiger partial charge in [-0.1, -0.05) is 0 Å². The Bertz CT molecular complexity index is 540. The Balaban J connectivity index is 2.35. The molecule has 4 heteroatoms. The van der Waals surface area contributed by atoms with Crippen LogP contribution in [0.3, 0.4) is 0 Å². The molecular weight excluding hydrogens is 231 g/mol. The van der Waals surface area contributed by atoms with Gasteiger partial charge in [0.05, 0.1) is 6.61 Å². The zero-order chi connectivity index (χ0) is 13.1. The van der Waals surface area contributed by atoms with Crippen LogP contribution in [0.15, 0.2) is 36.4 Å². The Hall–Kier alpha value is -1.94. The van der Waals surface area contributed by atoms with Gasteiger partial charge in [0.1, 0.15) is 11.6 Å². The second kappa shape index (κ2) is 5.14. The molecule has 0 bridgehead atoms. The molecule has 1 aromatic carbocycles. The van der Waals surface area contributed by atoms with Crippen molar-refractivity contribution in [2.45, 2.75) is 13.5 Å². The second-order valence-electron chi connectivity index (χ2n) is 4.17. The van der Waals surface area contributed by atoms with Gasteiger partial charge in [0.2, 0.25) is 0 Å². The molecule has 0 saturated heterocycles. The third-order valence-electron chi connectivity index (χ3n) is 2.74. The Morgan fingerprint density at radius 3 is 2.50 bits per heavy atom. The number of halogens is 1. The Morgan fingerprint density at radius 1 is 1.22 bits per heavy atom. The van der Waals surface area contributed by atoms with Gasteiger partial charge in [-0.2, -0.15) is 0 Å². The fraction of sp³-hybridized carbons (Fsp3) is 0.214. The molecule has 1 N–H and O–H groups in total. The van der Waals surface area contributed by atoms with Crippen LogP contribution in [0.1, 0.15) is 11.3 Å². The molecule has 1 heterocycles. The zero-order valence-corrected chi connectivity index (χ0v) is 10.4. The van der Waals surface area contributed by atoms with Crippen LogP contribution in [0.4, 0.5) is 15.9 Å². The molecule has 94 valence electrons. The van der Waals surface area contributed by atoms with Gasteiger partial charge in [-0.15, -0.1) is 0 Å². The lowest BCUT2D eigenvalue weighted by molar-refractivity contribution is 0.281. The van der Waals surface area contributed by atoms with Gasteiger partial charge in [-0.05, 0) is 48.9 Å². The lowest BCUT2D eigenvalue weighted by Crippen LogP contribution is -2.12. The molecule has 0 atom stereocenters. The van der Waals surface area contributed by atoms with Crippen molar-refractivity contribution >= 4 is 11.5 Å². The molecule has 0 aliphatic heterocycles.